The zero-order valence-electron chi connectivity index (χ0n) is 11.0. The van der Waals surface area contributed by atoms with Crippen LogP contribution in [0.1, 0.15) is 0 Å². The average molecular weight is 334 g/mol. The minimum Gasteiger partial charge on any atom is -0.494 e. The summed E-state index contributed by atoms with van der Waals surface area (Å²) in [6.45, 7) is 0. The number of halogens is 1. The fraction of sp³-hybridized carbons (Fsp3) is 0.143. The first-order chi connectivity index (χ1) is 9.74. The molecule has 20 heavy (non-hydrogen) atoms. The minimum atomic E-state index is 0.698. The molecule has 0 fully saturated rings. The van der Waals surface area contributed by atoms with Crippen molar-refractivity contribution in [1.29, 1.82) is 0 Å². The van der Waals surface area contributed by atoms with E-state index in [2.05, 4.69) is 30.9 Å². The van der Waals surface area contributed by atoms with E-state index in [9.17, 15) is 0 Å². The molecule has 0 aliphatic carbocycles. The minimum absolute atomic E-state index is 0.698. The molecule has 3 rings (SSSR count). The number of ether oxygens (including phenoxy) is 2. The van der Waals surface area contributed by atoms with Gasteiger partial charge in [-0.05, 0) is 40.2 Å². The van der Waals surface area contributed by atoms with Crippen molar-refractivity contribution >= 4 is 27.0 Å². The van der Waals surface area contributed by atoms with Crippen LogP contribution in [0.25, 0.3) is 22.4 Å². The van der Waals surface area contributed by atoms with E-state index in [0.29, 0.717) is 11.6 Å². The number of H-pyrrole nitrogens is 1. The average Bonchev–Trinajstić information content (AvgIpc) is 2.91. The molecule has 2 aromatic heterocycles. The Morgan fingerprint density at radius 2 is 1.85 bits per heavy atom. The second-order valence-electron chi connectivity index (χ2n) is 4.12. The van der Waals surface area contributed by atoms with Crippen molar-refractivity contribution in [2.75, 3.05) is 14.2 Å². The number of aromatic amines is 1. The predicted molar refractivity (Wildman–Crippen MR) is 80.1 cm³/mol. The van der Waals surface area contributed by atoms with Crippen molar-refractivity contribution in [2.24, 2.45) is 0 Å². The second kappa shape index (κ2) is 5.13. The Labute approximate surface area is 124 Å². The largest absolute Gasteiger partial charge is 0.494 e. The van der Waals surface area contributed by atoms with E-state index in [1.165, 1.54) is 0 Å². The highest BCUT2D eigenvalue weighted by molar-refractivity contribution is 9.10. The van der Waals surface area contributed by atoms with Crippen molar-refractivity contribution in [3.8, 4) is 22.9 Å². The summed E-state index contributed by atoms with van der Waals surface area (Å²) >= 11 is 3.43. The first-order valence-corrected chi connectivity index (χ1v) is 6.75. The Morgan fingerprint density at radius 3 is 2.55 bits per heavy atom. The number of pyridine rings is 1. The maximum Gasteiger partial charge on any atom is 0.146 e. The van der Waals surface area contributed by atoms with Crippen molar-refractivity contribution in [1.82, 2.24) is 15.0 Å². The Balaban J connectivity index is 2.27. The molecule has 3 aromatic rings. The van der Waals surface area contributed by atoms with E-state index in [1.807, 2.05) is 24.3 Å². The number of nitrogens with zero attached hydrogens (tertiary/aromatic N) is 2. The van der Waals surface area contributed by atoms with Crippen molar-refractivity contribution in [3.05, 3.63) is 35.1 Å². The number of benzene rings is 1. The molecule has 0 saturated heterocycles. The van der Waals surface area contributed by atoms with Crippen LogP contribution in [0.5, 0.6) is 11.5 Å². The molecule has 0 amide bonds. The number of hydrogen-bond donors (Lipinski definition) is 1. The molecule has 2 heterocycles. The molecule has 0 aliphatic rings. The number of hydrogen-bond acceptors (Lipinski definition) is 4. The lowest BCUT2D eigenvalue weighted by molar-refractivity contribution is 0.409. The van der Waals surface area contributed by atoms with Crippen LogP contribution in [-0.4, -0.2) is 29.2 Å². The highest BCUT2D eigenvalue weighted by Gasteiger charge is 2.15. The Morgan fingerprint density at radius 1 is 1.10 bits per heavy atom. The van der Waals surface area contributed by atoms with Crippen LogP contribution in [0.3, 0.4) is 0 Å². The van der Waals surface area contributed by atoms with Crippen LogP contribution in [0.4, 0.5) is 0 Å². The summed E-state index contributed by atoms with van der Waals surface area (Å²) in [5, 5.41) is 0. The van der Waals surface area contributed by atoms with E-state index in [1.54, 1.807) is 20.4 Å². The summed E-state index contributed by atoms with van der Waals surface area (Å²) in [6.07, 6.45) is 1.72. The first-order valence-electron chi connectivity index (χ1n) is 5.96. The van der Waals surface area contributed by atoms with Crippen LogP contribution in [0, 0.1) is 0 Å². The summed E-state index contributed by atoms with van der Waals surface area (Å²) in [5.41, 5.74) is 2.42. The van der Waals surface area contributed by atoms with Gasteiger partial charge in [0.05, 0.1) is 19.8 Å². The molecule has 0 aliphatic heterocycles. The van der Waals surface area contributed by atoms with Crippen LogP contribution in [-0.2, 0) is 0 Å². The molecule has 0 saturated carbocycles. The van der Waals surface area contributed by atoms with Gasteiger partial charge in [-0.1, -0.05) is 0 Å². The van der Waals surface area contributed by atoms with Gasteiger partial charge in [0.1, 0.15) is 33.0 Å². The number of nitrogens with one attached hydrogen (secondary N) is 1. The highest BCUT2D eigenvalue weighted by atomic mass is 79.9. The second-order valence-corrected chi connectivity index (χ2v) is 4.87. The maximum absolute atomic E-state index is 5.35. The Bertz CT molecular complexity index is 729. The van der Waals surface area contributed by atoms with E-state index in [-0.39, 0.29) is 0 Å². The SMILES string of the molecule is COc1ccc(OC)c2[nH]c(-c3cccnc3Br)nc12. The summed E-state index contributed by atoms with van der Waals surface area (Å²) in [7, 11) is 3.25. The predicted octanol–water partition coefficient (Wildman–Crippen LogP) is 3.40. The van der Waals surface area contributed by atoms with E-state index < -0.39 is 0 Å². The molecular weight excluding hydrogens is 322 g/mol. The Kier molecular flexibility index (Phi) is 3.31. The number of fused-ring (bicyclic) bond motifs is 1. The smallest absolute Gasteiger partial charge is 0.146 e. The number of methoxy groups -OCH3 is 2. The first kappa shape index (κ1) is 12.9. The van der Waals surface area contributed by atoms with Gasteiger partial charge in [0.15, 0.2) is 0 Å². The van der Waals surface area contributed by atoms with Gasteiger partial charge in [0, 0.05) is 6.20 Å². The van der Waals surface area contributed by atoms with Crippen molar-refractivity contribution < 1.29 is 9.47 Å². The van der Waals surface area contributed by atoms with E-state index in [4.69, 9.17) is 9.47 Å². The van der Waals surface area contributed by atoms with Gasteiger partial charge in [-0.25, -0.2) is 9.97 Å². The third-order valence-corrected chi connectivity index (χ3v) is 3.66. The maximum atomic E-state index is 5.35. The third kappa shape index (κ3) is 2.02. The van der Waals surface area contributed by atoms with Gasteiger partial charge in [-0.15, -0.1) is 0 Å². The Hall–Kier alpha value is -2.08. The molecule has 1 N–H and O–H groups in total. The molecule has 0 atom stereocenters. The van der Waals surface area contributed by atoms with Gasteiger partial charge >= 0.3 is 0 Å². The molecule has 0 bridgehead atoms. The van der Waals surface area contributed by atoms with Crippen molar-refractivity contribution in [2.45, 2.75) is 0 Å². The van der Waals surface area contributed by atoms with Crippen molar-refractivity contribution in [3.63, 3.8) is 0 Å². The lowest BCUT2D eigenvalue weighted by atomic mass is 10.2. The summed E-state index contributed by atoms with van der Waals surface area (Å²) < 4.78 is 11.4. The fourth-order valence-electron chi connectivity index (χ4n) is 2.07. The molecule has 6 heteroatoms. The number of rotatable bonds is 3. The quantitative estimate of drug-likeness (QED) is 0.746. The zero-order chi connectivity index (χ0) is 14.1. The molecule has 102 valence electrons. The molecular formula is C14H12BrN3O2. The van der Waals surface area contributed by atoms with E-state index >= 15 is 0 Å². The van der Waals surface area contributed by atoms with Gasteiger partial charge in [-0.2, -0.15) is 0 Å². The lowest BCUT2D eigenvalue weighted by Gasteiger charge is -2.04. The van der Waals surface area contributed by atoms with Crippen LogP contribution < -0.4 is 9.47 Å². The number of aromatic nitrogens is 3. The van der Waals surface area contributed by atoms with Gasteiger partial charge in [0.2, 0.25) is 0 Å². The molecule has 0 radical (unpaired) electrons. The highest BCUT2D eigenvalue weighted by Crippen LogP contribution is 2.34. The topological polar surface area (TPSA) is 60.0 Å². The van der Waals surface area contributed by atoms with Gasteiger partial charge < -0.3 is 14.5 Å². The van der Waals surface area contributed by atoms with Crippen LogP contribution in [0.15, 0.2) is 35.1 Å². The summed E-state index contributed by atoms with van der Waals surface area (Å²) in [6, 6.07) is 7.49. The molecule has 0 unspecified atom stereocenters. The summed E-state index contributed by atoms with van der Waals surface area (Å²) in [5.74, 6) is 2.13. The summed E-state index contributed by atoms with van der Waals surface area (Å²) in [4.78, 5) is 12.1. The molecule has 1 aromatic carbocycles. The molecule has 0 spiro atoms. The zero-order valence-corrected chi connectivity index (χ0v) is 12.6. The lowest BCUT2D eigenvalue weighted by Crippen LogP contribution is -1.88. The standard InChI is InChI=1S/C14H12BrN3O2/c1-19-9-5-6-10(20-2)12-11(9)17-14(18-12)8-4-3-7-16-13(8)15/h3-7H,1-2H3,(H,17,18). The van der Waals surface area contributed by atoms with E-state index in [0.717, 1.165) is 26.9 Å². The monoisotopic (exact) mass is 333 g/mol. The molecule has 5 nitrogen and oxygen atoms in total. The van der Waals surface area contributed by atoms with Gasteiger partial charge in [-0.3, -0.25) is 0 Å². The van der Waals surface area contributed by atoms with Crippen LogP contribution in [0.2, 0.25) is 0 Å². The third-order valence-electron chi connectivity index (χ3n) is 3.02. The van der Waals surface area contributed by atoms with Gasteiger partial charge in [0.25, 0.3) is 0 Å². The normalized spacial score (nSPS) is 10.8. The fourth-order valence-corrected chi connectivity index (χ4v) is 2.51. The number of imidazole rings is 1. The van der Waals surface area contributed by atoms with Crippen LogP contribution >= 0.6 is 15.9 Å².